The first kappa shape index (κ1) is 20.9. The quantitative estimate of drug-likeness (QED) is 0.731. The molecule has 1 aliphatic carbocycles. The van der Waals surface area contributed by atoms with Gasteiger partial charge in [0.1, 0.15) is 5.78 Å². The van der Waals surface area contributed by atoms with Gasteiger partial charge in [0, 0.05) is 29.3 Å². The van der Waals surface area contributed by atoms with Gasteiger partial charge in [-0.15, -0.1) is 0 Å². The summed E-state index contributed by atoms with van der Waals surface area (Å²) in [6.07, 6.45) is 1.34. The molecule has 5 atom stereocenters. The number of aryl methyl sites for hydroxylation is 1. The molecule has 4 N–H and O–H groups in total. The second-order valence-electron chi connectivity index (χ2n) is 8.02. The molecule has 7 heteroatoms. The Hall–Kier alpha value is -2.80. The summed E-state index contributed by atoms with van der Waals surface area (Å²) < 4.78 is 0. The summed E-state index contributed by atoms with van der Waals surface area (Å²) in [5, 5.41) is 14.2. The zero-order chi connectivity index (χ0) is 21.3. The van der Waals surface area contributed by atoms with Crippen LogP contribution in [0.4, 0.5) is 5.95 Å². The Kier molecular flexibility index (Phi) is 5.98. The Morgan fingerprint density at radius 2 is 1.93 bits per heavy atom. The number of aliphatic hydroxyl groups excluding tert-OH is 1. The topological polar surface area (TPSA) is 118 Å². The predicted molar refractivity (Wildman–Crippen MR) is 110 cm³/mol. The Bertz CT molecular complexity index is 930. The highest BCUT2D eigenvalue weighted by molar-refractivity contribution is 5.93. The Balaban J connectivity index is 2.16. The van der Waals surface area contributed by atoms with Gasteiger partial charge >= 0.3 is 0 Å². The predicted octanol–water partition coefficient (Wildman–Crippen LogP) is 2.75. The van der Waals surface area contributed by atoms with E-state index in [1.807, 2.05) is 26.8 Å². The number of carbonyl (C=O) groups excluding carboxylic acids is 2. The van der Waals surface area contributed by atoms with Crippen LogP contribution in [0.5, 0.6) is 0 Å². The molecule has 2 aromatic rings. The van der Waals surface area contributed by atoms with E-state index < -0.39 is 12.0 Å². The molecule has 3 rings (SSSR count). The van der Waals surface area contributed by atoms with E-state index in [1.54, 1.807) is 31.3 Å². The molecule has 1 aromatic carbocycles. The molecule has 0 aliphatic heterocycles. The molecule has 7 nitrogen and oxygen atoms in total. The highest BCUT2D eigenvalue weighted by Gasteiger charge is 2.37. The largest absolute Gasteiger partial charge is 0.393 e. The number of hydrogen-bond donors (Lipinski definition) is 3. The van der Waals surface area contributed by atoms with Crippen LogP contribution in [0, 0.1) is 18.8 Å². The van der Waals surface area contributed by atoms with Crippen molar-refractivity contribution in [1.29, 1.82) is 0 Å². The minimum atomic E-state index is -0.709. The molecular weight excluding hydrogens is 368 g/mol. The molecule has 1 aromatic heterocycles. The van der Waals surface area contributed by atoms with Crippen molar-refractivity contribution in [3.8, 4) is 0 Å². The van der Waals surface area contributed by atoms with E-state index in [4.69, 9.17) is 5.73 Å². The van der Waals surface area contributed by atoms with E-state index in [2.05, 4.69) is 15.3 Å². The van der Waals surface area contributed by atoms with Gasteiger partial charge in [0.2, 0.25) is 11.9 Å². The van der Waals surface area contributed by atoms with Gasteiger partial charge in [-0.05, 0) is 55.5 Å². The second kappa shape index (κ2) is 8.29. The van der Waals surface area contributed by atoms with Crippen molar-refractivity contribution in [3.63, 3.8) is 0 Å². The molecular formula is C22H28N4O3. The first-order valence-corrected chi connectivity index (χ1v) is 9.87. The Morgan fingerprint density at radius 1 is 1.21 bits per heavy atom. The molecule has 1 heterocycles. The molecule has 0 radical (unpaired) electrons. The van der Waals surface area contributed by atoms with Crippen LogP contribution in [0.2, 0.25) is 0 Å². The smallest absolute Gasteiger partial charge is 0.248 e. The molecule has 0 saturated carbocycles. The second-order valence-corrected chi connectivity index (χ2v) is 8.02. The van der Waals surface area contributed by atoms with Gasteiger partial charge in [0.05, 0.1) is 12.1 Å². The maximum atomic E-state index is 12.3. The number of hydrogen-bond acceptors (Lipinski definition) is 6. The SMILES string of the molecule is CC(=O)C1C[C@@H](O)[C@H](C)[C@@H](Nc2nccc(C)n2)c2cc(C(N)=O)ccc2C1C. The van der Waals surface area contributed by atoms with Crippen molar-refractivity contribution < 1.29 is 14.7 Å². The van der Waals surface area contributed by atoms with Crippen molar-refractivity contribution in [1.82, 2.24) is 9.97 Å². The van der Waals surface area contributed by atoms with Crippen molar-refractivity contribution in [2.24, 2.45) is 17.6 Å². The number of primary amides is 1. The van der Waals surface area contributed by atoms with Gasteiger partial charge in [-0.1, -0.05) is 19.9 Å². The van der Waals surface area contributed by atoms with Crippen LogP contribution in [-0.2, 0) is 4.79 Å². The third-order valence-corrected chi connectivity index (χ3v) is 6.03. The number of carbonyl (C=O) groups is 2. The number of ketones is 1. The molecule has 0 fully saturated rings. The maximum Gasteiger partial charge on any atom is 0.248 e. The standard InChI is InChI=1S/C22H28N4O3/c1-11-7-8-24-22(25-11)26-20-13(3)19(28)10-17(14(4)27)12(2)16-6-5-15(21(23)29)9-18(16)20/h5-9,12-13,17,19-20,28H,10H2,1-4H3,(H2,23,29)(H,24,25,26)/t12?,13-,17?,19+,20+/m0/s1. The lowest BCUT2D eigenvalue weighted by Crippen LogP contribution is -2.37. The fourth-order valence-electron chi connectivity index (χ4n) is 4.20. The normalized spacial score (nSPS) is 26.7. The van der Waals surface area contributed by atoms with Crippen LogP contribution in [0.1, 0.15) is 66.3 Å². The summed E-state index contributed by atoms with van der Waals surface area (Å²) in [6.45, 7) is 7.35. The third kappa shape index (κ3) is 4.29. The van der Waals surface area contributed by atoms with Gasteiger partial charge in [-0.2, -0.15) is 0 Å². The van der Waals surface area contributed by atoms with E-state index in [9.17, 15) is 14.7 Å². The monoisotopic (exact) mass is 396 g/mol. The number of Topliss-reactive ketones (excluding diaryl/α,β-unsaturated/α-hetero) is 1. The van der Waals surface area contributed by atoms with Crippen LogP contribution in [0.25, 0.3) is 0 Å². The minimum Gasteiger partial charge on any atom is -0.393 e. The maximum absolute atomic E-state index is 12.3. The number of anilines is 1. The Labute approximate surface area is 170 Å². The van der Waals surface area contributed by atoms with Crippen molar-refractivity contribution >= 4 is 17.6 Å². The number of aromatic nitrogens is 2. The number of aliphatic hydroxyl groups is 1. The first-order chi connectivity index (χ1) is 13.7. The summed E-state index contributed by atoms with van der Waals surface area (Å²) in [7, 11) is 0. The highest BCUT2D eigenvalue weighted by Crippen LogP contribution is 2.42. The average Bonchev–Trinajstić information content (AvgIpc) is 2.67. The summed E-state index contributed by atoms with van der Waals surface area (Å²) in [6, 6.07) is 6.77. The summed E-state index contributed by atoms with van der Waals surface area (Å²) in [5.74, 6) is -0.709. The zero-order valence-corrected chi connectivity index (χ0v) is 17.2. The van der Waals surface area contributed by atoms with Crippen molar-refractivity contribution in [3.05, 3.63) is 52.8 Å². The fourth-order valence-corrected chi connectivity index (χ4v) is 4.20. The summed E-state index contributed by atoms with van der Waals surface area (Å²) >= 11 is 0. The zero-order valence-electron chi connectivity index (χ0n) is 17.2. The summed E-state index contributed by atoms with van der Waals surface area (Å²) in [4.78, 5) is 32.8. The van der Waals surface area contributed by atoms with E-state index >= 15 is 0 Å². The lowest BCUT2D eigenvalue weighted by molar-refractivity contribution is -0.122. The molecule has 1 amide bonds. The van der Waals surface area contributed by atoms with E-state index in [0.717, 1.165) is 16.8 Å². The molecule has 0 bridgehead atoms. The Morgan fingerprint density at radius 3 is 2.55 bits per heavy atom. The minimum absolute atomic E-state index is 0.0436. The number of fused-ring (bicyclic) bond motifs is 1. The van der Waals surface area contributed by atoms with Gasteiger partial charge < -0.3 is 16.2 Å². The fraction of sp³-hybridized carbons (Fsp3) is 0.455. The number of amides is 1. The first-order valence-electron chi connectivity index (χ1n) is 9.87. The third-order valence-electron chi connectivity index (χ3n) is 6.03. The van der Waals surface area contributed by atoms with Crippen molar-refractivity contribution in [2.75, 3.05) is 5.32 Å². The van der Waals surface area contributed by atoms with Gasteiger partial charge in [0.25, 0.3) is 0 Å². The van der Waals surface area contributed by atoms with E-state index in [-0.39, 0.29) is 29.6 Å². The van der Waals surface area contributed by atoms with Gasteiger partial charge in [-0.25, -0.2) is 9.97 Å². The number of rotatable bonds is 4. The van der Waals surface area contributed by atoms with Gasteiger partial charge in [0.15, 0.2) is 0 Å². The molecule has 29 heavy (non-hydrogen) atoms. The molecule has 1 aliphatic rings. The van der Waals surface area contributed by atoms with Gasteiger partial charge in [-0.3, -0.25) is 9.59 Å². The number of nitrogens with zero attached hydrogens (tertiary/aromatic N) is 2. The highest BCUT2D eigenvalue weighted by atomic mass is 16.3. The number of nitrogens with one attached hydrogen (secondary N) is 1. The van der Waals surface area contributed by atoms with Crippen LogP contribution in [0.3, 0.4) is 0 Å². The van der Waals surface area contributed by atoms with Crippen LogP contribution >= 0.6 is 0 Å². The van der Waals surface area contributed by atoms with E-state index in [1.165, 1.54) is 0 Å². The van der Waals surface area contributed by atoms with E-state index in [0.29, 0.717) is 17.9 Å². The molecule has 0 spiro atoms. The lowest BCUT2D eigenvalue weighted by Gasteiger charge is -2.38. The lowest BCUT2D eigenvalue weighted by atomic mass is 9.71. The average molecular weight is 396 g/mol. The molecule has 0 saturated heterocycles. The molecule has 154 valence electrons. The van der Waals surface area contributed by atoms with Crippen molar-refractivity contribution in [2.45, 2.75) is 52.2 Å². The summed E-state index contributed by atoms with van der Waals surface area (Å²) in [5.41, 5.74) is 8.51. The number of benzene rings is 1. The van der Waals surface area contributed by atoms with Crippen LogP contribution < -0.4 is 11.1 Å². The van der Waals surface area contributed by atoms with Crippen LogP contribution in [0.15, 0.2) is 30.5 Å². The number of nitrogens with two attached hydrogens (primary N) is 1. The molecule has 2 unspecified atom stereocenters. The van der Waals surface area contributed by atoms with Crippen LogP contribution in [-0.4, -0.2) is 32.9 Å².